The van der Waals surface area contributed by atoms with Gasteiger partial charge in [0, 0.05) is 6.04 Å². The first kappa shape index (κ1) is 17.1. The Bertz CT molecular complexity index is 423. The van der Waals surface area contributed by atoms with Gasteiger partial charge >= 0.3 is 0 Å². The first-order chi connectivity index (χ1) is 9.21. The van der Waals surface area contributed by atoms with Gasteiger partial charge in [-0.2, -0.15) is 0 Å². The van der Waals surface area contributed by atoms with Gasteiger partial charge in [-0.05, 0) is 55.3 Å². The number of rotatable bonds is 6. The molecule has 0 amide bonds. The minimum Gasteiger partial charge on any atom is -0.317 e. The molecule has 1 nitrogen and oxygen atoms in total. The molecule has 0 aromatic heterocycles. The van der Waals surface area contributed by atoms with Crippen molar-refractivity contribution in [1.29, 1.82) is 0 Å². The Morgan fingerprint density at radius 2 is 1.80 bits per heavy atom. The average molecular weight is 283 g/mol. The monoisotopic (exact) mass is 283 g/mol. The van der Waals surface area contributed by atoms with E-state index in [2.05, 4.69) is 33.0 Å². The van der Waals surface area contributed by atoms with Crippen molar-refractivity contribution < 1.29 is 8.78 Å². The molecule has 2 atom stereocenters. The number of hydrogen-bond acceptors (Lipinski definition) is 1. The predicted molar refractivity (Wildman–Crippen MR) is 80.8 cm³/mol. The highest BCUT2D eigenvalue weighted by Crippen LogP contribution is 2.27. The maximum Gasteiger partial charge on any atom is 0.159 e. The molecule has 1 rings (SSSR count). The Morgan fingerprint density at radius 1 is 1.15 bits per heavy atom. The van der Waals surface area contributed by atoms with Gasteiger partial charge in [0.1, 0.15) is 0 Å². The summed E-state index contributed by atoms with van der Waals surface area (Å²) in [7, 11) is 1.92. The molecule has 0 saturated carbocycles. The SMILES string of the molecule is CNC(Cc1ccc(F)c(F)c1)CC(C)CC(C)(C)C. The van der Waals surface area contributed by atoms with Crippen molar-refractivity contribution in [2.24, 2.45) is 11.3 Å². The van der Waals surface area contributed by atoms with Crippen LogP contribution in [0.4, 0.5) is 8.78 Å². The van der Waals surface area contributed by atoms with Crippen molar-refractivity contribution in [3.63, 3.8) is 0 Å². The Labute approximate surface area is 121 Å². The highest BCUT2D eigenvalue weighted by atomic mass is 19.2. The Morgan fingerprint density at radius 3 is 2.30 bits per heavy atom. The quantitative estimate of drug-likeness (QED) is 0.807. The molecule has 1 N–H and O–H groups in total. The van der Waals surface area contributed by atoms with Crippen LogP contribution >= 0.6 is 0 Å². The van der Waals surface area contributed by atoms with Crippen LogP contribution in [0, 0.1) is 23.0 Å². The molecule has 0 heterocycles. The van der Waals surface area contributed by atoms with Gasteiger partial charge in [0.15, 0.2) is 11.6 Å². The number of benzene rings is 1. The van der Waals surface area contributed by atoms with Crippen molar-refractivity contribution in [2.75, 3.05) is 7.05 Å². The second-order valence-electron chi connectivity index (χ2n) is 7.04. The lowest BCUT2D eigenvalue weighted by atomic mass is 9.82. The first-order valence-electron chi connectivity index (χ1n) is 7.32. The number of halogens is 2. The summed E-state index contributed by atoms with van der Waals surface area (Å²) in [6.07, 6.45) is 2.91. The normalized spacial score (nSPS) is 15.2. The standard InChI is InChI=1S/C17H27F2N/c1-12(11-17(2,3)4)8-14(20-5)9-13-6-7-15(18)16(19)10-13/h6-7,10,12,14,20H,8-9,11H2,1-5H3. The summed E-state index contributed by atoms with van der Waals surface area (Å²) in [5.41, 5.74) is 1.16. The van der Waals surface area contributed by atoms with Crippen molar-refractivity contribution in [2.45, 2.75) is 53.0 Å². The lowest BCUT2D eigenvalue weighted by Crippen LogP contribution is -2.30. The molecule has 1 aromatic carbocycles. The Balaban J connectivity index is 2.60. The first-order valence-corrected chi connectivity index (χ1v) is 7.32. The van der Waals surface area contributed by atoms with Gasteiger partial charge in [-0.3, -0.25) is 0 Å². The predicted octanol–water partition coefficient (Wildman–Crippen LogP) is 4.56. The molecule has 0 saturated heterocycles. The smallest absolute Gasteiger partial charge is 0.159 e. The number of hydrogen-bond donors (Lipinski definition) is 1. The van der Waals surface area contributed by atoms with Crippen LogP contribution < -0.4 is 5.32 Å². The molecule has 3 heteroatoms. The molecule has 0 fully saturated rings. The lowest BCUT2D eigenvalue weighted by Gasteiger charge is -2.26. The topological polar surface area (TPSA) is 12.0 Å². The molecule has 0 bridgehead atoms. The largest absolute Gasteiger partial charge is 0.317 e. The molecule has 114 valence electrons. The fourth-order valence-electron chi connectivity index (χ4n) is 2.87. The molecule has 1 aromatic rings. The van der Waals surface area contributed by atoms with Crippen LogP contribution in [0.5, 0.6) is 0 Å². The zero-order valence-electron chi connectivity index (χ0n) is 13.3. The highest BCUT2D eigenvalue weighted by Gasteiger charge is 2.19. The summed E-state index contributed by atoms with van der Waals surface area (Å²) in [5.74, 6) is -0.950. The van der Waals surface area contributed by atoms with E-state index in [1.165, 1.54) is 12.1 Å². The van der Waals surface area contributed by atoms with Crippen LogP contribution in [0.3, 0.4) is 0 Å². The van der Waals surface area contributed by atoms with Crippen LogP contribution in [0.15, 0.2) is 18.2 Å². The molecule has 0 aliphatic carbocycles. The van der Waals surface area contributed by atoms with E-state index in [-0.39, 0.29) is 6.04 Å². The summed E-state index contributed by atoms with van der Waals surface area (Å²) < 4.78 is 26.1. The minimum atomic E-state index is -0.782. The van der Waals surface area contributed by atoms with Crippen molar-refractivity contribution in [3.05, 3.63) is 35.4 Å². The lowest BCUT2D eigenvalue weighted by molar-refractivity contribution is 0.277. The summed E-state index contributed by atoms with van der Waals surface area (Å²) in [6.45, 7) is 8.98. The molecule has 0 aliphatic rings. The van der Waals surface area contributed by atoms with Gasteiger partial charge in [-0.1, -0.05) is 33.8 Å². The summed E-state index contributed by atoms with van der Waals surface area (Å²) in [4.78, 5) is 0. The third kappa shape index (κ3) is 6.00. The van der Waals surface area contributed by atoms with Gasteiger partial charge in [-0.15, -0.1) is 0 Å². The molecule has 2 unspecified atom stereocenters. The summed E-state index contributed by atoms with van der Waals surface area (Å²) in [6, 6.07) is 4.46. The van der Waals surface area contributed by atoms with Crippen LogP contribution in [0.2, 0.25) is 0 Å². The highest BCUT2D eigenvalue weighted by molar-refractivity contribution is 5.18. The molecule has 0 radical (unpaired) electrons. The van der Waals surface area contributed by atoms with Crippen LogP contribution in [0.1, 0.15) is 46.1 Å². The Kier molecular flexibility index (Phi) is 6.12. The van der Waals surface area contributed by atoms with E-state index in [1.807, 2.05) is 7.05 Å². The summed E-state index contributed by atoms with van der Waals surface area (Å²) >= 11 is 0. The van der Waals surface area contributed by atoms with Gasteiger partial charge in [-0.25, -0.2) is 8.78 Å². The van der Waals surface area contributed by atoms with E-state index < -0.39 is 11.6 Å². The number of likely N-dealkylation sites (N-methyl/N-ethyl adjacent to an activating group) is 1. The van der Waals surface area contributed by atoms with E-state index in [0.29, 0.717) is 11.3 Å². The molecule has 0 spiro atoms. The van der Waals surface area contributed by atoms with Gasteiger partial charge in [0.25, 0.3) is 0 Å². The summed E-state index contributed by atoms with van der Waals surface area (Å²) in [5, 5.41) is 3.29. The van der Waals surface area contributed by atoms with Crippen molar-refractivity contribution in [1.82, 2.24) is 5.32 Å². The molecular formula is C17H27F2N. The van der Waals surface area contributed by atoms with Gasteiger partial charge in [0.2, 0.25) is 0 Å². The van der Waals surface area contributed by atoms with E-state index in [0.717, 1.165) is 24.8 Å². The fraction of sp³-hybridized carbons (Fsp3) is 0.647. The van der Waals surface area contributed by atoms with Gasteiger partial charge in [0.05, 0.1) is 0 Å². The maximum absolute atomic E-state index is 13.2. The van der Waals surface area contributed by atoms with E-state index in [4.69, 9.17) is 0 Å². The zero-order chi connectivity index (χ0) is 15.3. The third-order valence-corrected chi connectivity index (χ3v) is 3.52. The average Bonchev–Trinajstić information content (AvgIpc) is 2.30. The zero-order valence-corrected chi connectivity index (χ0v) is 13.3. The Hall–Kier alpha value is -0.960. The van der Waals surface area contributed by atoms with Crippen LogP contribution in [-0.4, -0.2) is 13.1 Å². The maximum atomic E-state index is 13.2. The van der Waals surface area contributed by atoms with Gasteiger partial charge < -0.3 is 5.32 Å². The second-order valence-corrected chi connectivity index (χ2v) is 7.04. The second kappa shape index (κ2) is 7.16. The third-order valence-electron chi connectivity index (χ3n) is 3.52. The van der Waals surface area contributed by atoms with E-state index >= 15 is 0 Å². The van der Waals surface area contributed by atoms with Crippen LogP contribution in [0.25, 0.3) is 0 Å². The molecule has 20 heavy (non-hydrogen) atoms. The van der Waals surface area contributed by atoms with E-state index in [1.54, 1.807) is 6.07 Å². The van der Waals surface area contributed by atoms with Crippen molar-refractivity contribution in [3.8, 4) is 0 Å². The molecular weight excluding hydrogens is 256 g/mol. The van der Waals surface area contributed by atoms with E-state index in [9.17, 15) is 8.78 Å². The van der Waals surface area contributed by atoms with Crippen molar-refractivity contribution >= 4 is 0 Å². The number of nitrogens with one attached hydrogen (secondary N) is 1. The molecule has 0 aliphatic heterocycles. The minimum absolute atomic E-state index is 0.289. The fourth-order valence-corrected chi connectivity index (χ4v) is 2.87. The van der Waals surface area contributed by atoms with Crippen LogP contribution in [-0.2, 0) is 6.42 Å².